The molecule has 0 aromatic rings. The molecule has 1 heterocycles. The van der Waals surface area contributed by atoms with Gasteiger partial charge in [0, 0.05) is 6.04 Å². The number of aliphatic carboxylic acids is 1. The largest absolute Gasteiger partial charge is 0.480 e. The van der Waals surface area contributed by atoms with Gasteiger partial charge >= 0.3 is 5.97 Å². The Morgan fingerprint density at radius 1 is 1.57 bits per heavy atom. The molecule has 0 amide bonds. The van der Waals surface area contributed by atoms with Crippen LogP contribution in [0.4, 0.5) is 0 Å². The minimum atomic E-state index is -0.701. The summed E-state index contributed by atoms with van der Waals surface area (Å²) in [5.74, 6) is -0.701. The molecular formula is C11H17NO2. The third-order valence-corrected chi connectivity index (χ3v) is 3.18. The second kappa shape index (κ2) is 4.13. The zero-order valence-electron chi connectivity index (χ0n) is 8.33. The normalized spacial score (nSPS) is 31.9. The van der Waals surface area contributed by atoms with Gasteiger partial charge in [0.2, 0.25) is 0 Å². The topological polar surface area (TPSA) is 49.3 Å². The third kappa shape index (κ3) is 2.15. The van der Waals surface area contributed by atoms with Crippen molar-refractivity contribution in [2.45, 2.75) is 50.6 Å². The van der Waals surface area contributed by atoms with Crippen LogP contribution in [0, 0.1) is 0 Å². The number of allylic oxidation sites excluding steroid dienone is 1. The fourth-order valence-corrected chi connectivity index (χ4v) is 2.41. The van der Waals surface area contributed by atoms with Gasteiger partial charge < -0.3 is 10.4 Å². The molecule has 0 radical (unpaired) electrons. The minimum absolute atomic E-state index is 0.304. The van der Waals surface area contributed by atoms with Gasteiger partial charge in [0.1, 0.15) is 6.04 Å². The Kier molecular flexibility index (Phi) is 2.87. The number of nitrogens with one attached hydrogen (secondary N) is 1. The summed E-state index contributed by atoms with van der Waals surface area (Å²) in [5.41, 5.74) is 1.52. The van der Waals surface area contributed by atoms with E-state index in [9.17, 15) is 4.79 Å². The number of carbonyl (C=O) groups is 1. The van der Waals surface area contributed by atoms with Crippen LogP contribution in [0.3, 0.4) is 0 Å². The van der Waals surface area contributed by atoms with Crippen molar-refractivity contribution >= 4 is 5.97 Å². The molecule has 0 bridgehead atoms. The van der Waals surface area contributed by atoms with E-state index in [1.54, 1.807) is 0 Å². The van der Waals surface area contributed by atoms with Gasteiger partial charge in [-0.2, -0.15) is 0 Å². The lowest BCUT2D eigenvalue weighted by molar-refractivity contribution is -0.139. The van der Waals surface area contributed by atoms with Crippen molar-refractivity contribution in [2.75, 3.05) is 0 Å². The Bertz CT molecular complexity index is 260. The fourth-order valence-electron chi connectivity index (χ4n) is 2.41. The summed E-state index contributed by atoms with van der Waals surface area (Å²) >= 11 is 0. The van der Waals surface area contributed by atoms with E-state index in [2.05, 4.69) is 11.4 Å². The average molecular weight is 195 g/mol. The van der Waals surface area contributed by atoms with E-state index in [1.807, 2.05) is 0 Å². The molecule has 2 unspecified atom stereocenters. The van der Waals surface area contributed by atoms with Crippen molar-refractivity contribution in [2.24, 2.45) is 0 Å². The van der Waals surface area contributed by atoms with Gasteiger partial charge in [0.15, 0.2) is 0 Å². The summed E-state index contributed by atoms with van der Waals surface area (Å²) in [5, 5.41) is 12.0. The van der Waals surface area contributed by atoms with Crippen LogP contribution < -0.4 is 5.32 Å². The molecule has 2 atom stereocenters. The smallest absolute Gasteiger partial charge is 0.320 e. The second-order valence-electron chi connectivity index (χ2n) is 4.29. The summed E-state index contributed by atoms with van der Waals surface area (Å²) in [7, 11) is 0. The molecule has 2 rings (SSSR count). The van der Waals surface area contributed by atoms with E-state index in [4.69, 9.17) is 5.11 Å². The lowest BCUT2D eigenvalue weighted by Gasteiger charge is -2.12. The maximum absolute atomic E-state index is 10.7. The molecule has 1 aliphatic carbocycles. The van der Waals surface area contributed by atoms with Gasteiger partial charge in [-0.05, 0) is 38.5 Å². The van der Waals surface area contributed by atoms with E-state index >= 15 is 0 Å². The van der Waals surface area contributed by atoms with Crippen LogP contribution in [0.5, 0.6) is 0 Å². The SMILES string of the molecule is O=C(O)C1CCC(CC2=CCCC2)N1. The molecule has 0 aromatic carbocycles. The first-order chi connectivity index (χ1) is 6.75. The highest BCUT2D eigenvalue weighted by Gasteiger charge is 2.29. The highest BCUT2D eigenvalue weighted by Crippen LogP contribution is 2.25. The lowest BCUT2D eigenvalue weighted by Crippen LogP contribution is -2.35. The van der Waals surface area contributed by atoms with Crippen LogP contribution in [0.25, 0.3) is 0 Å². The Morgan fingerprint density at radius 2 is 2.43 bits per heavy atom. The summed E-state index contributed by atoms with van der Waals surface area (Å²) in [6, 6.07) is 0.0995. The van der Waals surface area contributed by atoms with Crippen molar-refractivity contribution in [3.63, 3.8) is 0 Å². The van der Waals surface area contributed by atoms with Crippen LogP contribution >= 0.6 is 0 Å². The Balaban J connectivity index is 1.81. The molecule has 0 spiro atoms. The van der Waals surface area contributed by atoms with Gasteiger partial charge in [0.25, 0.3) is 0 Å². The maximum Gasteiger partial charge on any atom is 0.320 e. The van der Waals surface area contributed by atoms with Gasteiger partial charge in [-0.3, -0.25) is 4.79 Å². The summed E-state index contributed by atoms with van der Waals surface area (Å²) in [6.07, 6.45) is 8.88. The van der Waals surface area contributed by atoms with Crippen LogP contribution in [0.1, 0.15) is 38.5 Å². The van der Waals surface area contributed by atoms with E-state index in [0.717, 1.165) is 19.3 Å². The van der Waals surface area contributed by atoms with Gasteiger partial charge in [-0.25, -0.2) is 0 Å². The first kappa shape index (κ1) is 9.71. The number of carboxylic acid groups (broad SMARTS) is 1. The molecule has 2 N–H and O–H groups in total. The van der Waals surface area contributed by atoms with Crippen molar-refractivity contribution < 1.29 is 9.90 Å². The highest BCUT2D eigenvalue weighted by molar-refractivity contribution is 5.73. The predicted molar refractivity (Wildman–Crippen MR) is 54.1 cm³/mol. The molecule has 3 heteroatoms. The van der Waals surface area contributed by atoms with Gasteiger partial charge in [0.05, 0.1) is 0 Å². The lowest BCUT2D eigenvalue weighted by atomic mass is 10.0. The standard InChI is InChI=1S/C11H17NO2/c13-11(14)10-6-5-9(12-10)7-8-3-1-2-4-8/h3,9-10,12H,1-2,4-7H2,(H,13,14). The van der Waals surface area contributed by atoms with E-state index in [1.165, 1.54) is 24.8 Å². The Hall–Kier alpha value is -0.830. The molecule has 0 aromatic heterocycles. The van der Waals surface area contributed by atoms with Crippen molar-refractivity contribution in [3.8, 4) is 0 Å². The highest BCUT2D eigenvalue weighted by atomic mass is 16.4. The van der Waals surface area contributed by atoms with Crippen molar-refractivity contribution in [1.82, 2.24) is 5.32 Å². The second-order valence-corrected chi connectivity index (χ2v) is 4.29. The van der Waals surface area contributed by atoms with Crippen LogP contribution in [0.15, 0.2) is 11.6 Å². The van der Waals surface area contributed by atoms with E-state index in [0.29, 0.717) is 6.04 Å². The number of hydrogen-bond donors (Lipinski definition) is 2. The molecule has 0 saturated carbocycles. The number of hydrogen-bond acceptors (Lipinski definition) is 2. The molecule has 1 saturated heterocycles. The minimum Gasteiger partial charge on any atom is -0.480 e. The van der Waals surface area contributed by atoms with E-state index < -0.39 is 5.97 Å². The average Bonchev–Trinajstić information content (AvgIpc) is 2.75. The molecule has 1 fully saturated rings. The first-order valence-corrected chi connectivity index (χ1v) is 5.42. The third-order valence-electron chi connectivity index (χ3n) is 3.18. The summed E-state index contributed by atoms with van der Waals surface area (Å²) < 4.78 is 0. The monoisotopic (exact) mass is 195 g/mol. The molecule has 78 valence electrons. The van der Waals surface area contributed by atoms with E-state index in [-0.39, 0.29) is 6.04 Å². The molecule has 1 aliphatic heterocycles. The van der Waals surface area contributed by atoms with Gasteiger partial charge in [-0.1, -0.05) is 11.6 Å². The fraction of sp³-hybridized carbons (Fsp3) is 0.727. The van der Waals surface area contributed by atoms with Crippen LogP contribution in [0.2, 0.25) is 0 Å². The Morgan fingerprint density at radius 3 is 3.00 bits per heavy atom. The summed E-state index contributed by atoms with van der Waals surface area (Å²) in [4.78, 5) is 10.7. The molecule has 14 heavy (non-hydrogen) atoms. The number of carboxylic acids is 1. The maximum atomic E-state index is 10.7. The van der Waals surface area contributed by atoms with Crippen LogP contribution in [-0.4, -0.2) is 23.2 Å². The van der Waals surface area contributed by atoms with Crippen molar-refractivity contribution in [3.05, 3.63) is 11.6 Å². The zero-order valence-corrected chi connectivity index (χ0v) is 8.33. The van der Waals surface area contributed by atoms with Crippen molar-refractivity contribution in [1.29, 1.82) is 0 Å². The van der Waals surface area contributed by atoms with Gasteiger partial charge in [-0.15, -0.1) is 0 Å². The molecule has 2 aliphatic rings. The molecule has 3 nitrogen and oxygen atoms in total. The van der Waals surface area contributed by atoms with Crippen LogP contribution in [-0.2, 0) is 4.79 Å². The number of rotatable bonds is 3. The molecular weight excluding hydrogens is 178 g/mol. The summed E-state index contributed by atoms with van der Waals surface area (Å²) in [6.45, 7) is 0. The Labute approximate surface area is 84.2 Å². The zero-order chi connectivity index (χ0) is 9.97. The quantitative estimate of drug-likeness (QED) is 0.674. The first-order valence-electron chi connectivity index (χ1n) is 5.42. The predicted octanol–water partition coefficient (Wildman–Crippen LogP) is 1.69.